The van der Waals surface area contributed by atoms with E-state index in [2.05, 4.69) is 26.1 Å². The van der Waals surface area contributed by atoms with E-state index in [1.54, 1.807) is 0 Å². The third-order valence-electron chi connectivity index (χ3n) is 4.81. The Morgan fingerprint density at radius 1 is 1.19 bits per heavy atom. The molecule has 26 heavy (non-hydrogen) atoms. The summed E-state index contributed by atoms with van der Waals surface area (Å²) in [6.45, 7) is 11.6. The molecule has 0 bridgehead atoms. The third kappa shape index (κ3) is 6.04. The van der Waals surface area contributed by atoms with Gasteiger partial charge in [0.25, 0.3) is 5.91 Å². The predicted molar refractivity (Wildman–Crippen MR) is 103 cm³/mol. The Labute approximate surface area is 157 Å². The fraction of sp³-hybridized carbons (Fsp3) is 0.619. The zero-order valence-electron chi connectivity index (χ0n) is 16.7. The number of benzene rings is 1. The molecule has 5 nitrogen and oxygen atoms in total. The molecule has 0 aliphatic carbocycles. The van der Waals surface area contributed by atoms with Crippen molar-refractivity contribution >= 4 is 11.8 Å². The van der Waals surface area contributed by atoms with Gasteiger partial charge in [-0.25, -0.2) is 0 Å². The van der Waals surface area contributed by atoms with Gasteiger partial charge in [-0.15, -0.1) is 0 Å². The molecule has 0 atom stereocenters. The van der Waals surface area contributed by atoms with Gasteiger partial charge >= 0.3 is 0 Å². The van der Waals surface area contributed by atoms with E-state index in [1.165, 1.54) is 0 Å². The van der Waals surface area contributed by atoms with Crippen LogP contribution in [0.25, 0.3) is 0 Å². The van der Waals surface area contributed by atoms with Crippen molar-refractivity contribution in [2.24, 2.45) is 5.41 Å². The van der Waals surface area contributed by atoms with E-state index in [1.807, 2.05) is 36.9 Å². The molecule has 0 unspecified atom stereocenters. The van der Waals surface area contributed by atoms with Crippen molar-refractivity contribution in [3.05, 3.63) is 29.3 Å². The Morgan fingerprint density at radius 2 is 1.85 bits per heavy atom. The Morgan fingerprint density at radius 3 is 2.46 bits per heavy atom. The molecule has 1 heterocycles. The van der Waals surface area contributed by atoms with Crippen LogP contribution in [0.5, 0.6) is 5.75 Å². The summed E-state index contributed by atoms with van der Waals surface area (Å²) >= 11 is 0. The molecule has 1 saturated heterocycles. The fourth-order valence-electron chi connectivity index (χ4n) is 3.14. The highest BCUT2D eigenvalue weighted by Crippen LogP contribution is 2.21. The molecule has 1 aromatic carbocycles. The molecule has 2 amide bonds. The van der Waals surface area contributed by atoms with Gasteiger partial charge < -0.3 is 15.0 Å². The Kier molecular flexibility index (Phi) is 6.68. The Hall–Kier alpha value is -2.04. The van der Waals surface area contributed by atoms with Crippen LogP contribution in [-0.2, 0) is 9.59 Å². The lowest BCUT2D eigenvalue weighted by Crippen LogP contribution is -2.48. The van der Waals surface area contributed by atoms with E-state index in [-0.39, 0.29) is 29.9 Å². The molecule has 144 valence electrons. The van der Waals surface area contributed by atoms with Gasteiger partial charge in [-0.1, -0.05) is 32.9 Å². The van der Waals surface area contributed by atoms with Gasteiger partial charge in [0.15, 0.2) is 6.61 Å². The number of rotatable bonds is 5. The topological polar surface area (TPSA) is 58.6 Å². The maximum atomic E-state index is 12.4. The van der Waals surface area contributed by atoms with Gasteiger partial charge in [0.1, 0.15) is 5.75 Å². The average molecular weight is 360 g/mol. The monoisotopic (exact) mass is 360 g/mol. The minimum absolute atomic E-state index is 0.00498. The van der Waals surface area contributed by atoms with E-state index in [4.69, 9.17) is 4.74 Å². The molecule has 0 aromatic heterocycles. The number of piperidine rings is 1. The van der Waals surface area contributed by atoms with Crippen molar-refractivity contribution in [3.63, 3.8) is 0 Å². The van der Waals surface area contributed by atoms with Crippen molar-refractivity contribution in [2.45, 2.75) is 59.9 Å². The van der Waals surface area contributed by atoms with E-state index in [0.29, 0.717) is 19.5 Å². The molecule has 1 aromatic rings. The van der Waals surface area contributed by atoms with Gasteiger partial charge in [0.05, 0.1) is 0 Å². The predicted octanol–water partition coefficient (Wildman–Crippen LogP) is 3.23. The second-order valence-electron chi connectivity index (χ2n) is 8.45. The van der Waals surface area contributed by atoms with Crippen LogP contribution in [0.2, 0.25) is 0 Å². The maximum Gasteiger partial charge on any atom is 0.260 e. The largest absolute Gasteiger partial charge is 0.483 e. The van der Waals surface area contributed by atoms with Gasteiger partial charge in [-0.3, -0.25) is 9.59 Å². The van der Waals surface area contributed by atoms with Crippen LogP contribution in [-0.4, -0.2) is 42.5 Å². The van der Waals surface area contributed by atoms with Crippen molar-refractivity contribution < 1.29 is 14.3 Å². The highest BCUT2D eigenvalue weighted by Gasteiger charge is 2.25. The Bertz CT molecular complexity index is 641. The summed E-state index contributed by atoms with van der Waals surface area (Å²) < 4.78 is 5.72. The van der Waals surface area contributed by atoms with Crippen LogP contribution >= 0.6 is 0 Å². The first kappa shape index (κ1) is 20.3. The van der Waals surface area contributed by atoms with Gasteiger partial charge in [0, 0.05) is 25.6 Å². The zero-order valence-corrected chi connectivity index (χ0v) is 16.7. The molecule has 1 fully saturated rings. The van der Waals surface area contributed by atoms with Gasteiger partial charge in [-0.2, -0.15) is 0 Å². The van der Waals surface area contributed by atoms with E-state index in [0.717, 1.165) is 29.7 Å². The van der Waals surface area contributed by atoms with Gasteiger partial charge in [-0.05, 0) is 49.3 Å². The van der Waals surface area contributed by atoms with Crippen molar-refractivity contribution in [2.75, 3.05) is 19.7 Å². The smallest absolute Gasteiger partial charge is 0.260 e. The molecule has 0 spiro atoms. The summed E-state index contributed by atoms with van der Waals surface area (Å²) in [5.41, 5.74) is 2.22. The quantitative estimate of drug-likeness (QED) is 0.877. The lowest BCUT2D eigenvalue weighted by atomic mass is 9.91. The summed E-state index contributed by atoms with van der Waals surface area (Å²) in [6, 6.07) is 6.03. The van der Waals surface area contributed by atoms with E-state index >= 15 is 0 Å². The van der Waals surface area contributed by atoms with Crippen LogP contribution in [0, 0.1) is 19.3 Å². The molecule has 5 heteroatoms. The summed E-state index contributed by atoms with van der Waals surface area (Å²) in [5, 5.41) is 3.10. The zero-order chi connectivity index (χ0) is 19.3. The number of hydrogen-bond acceptors (Lipinski definition) is 3. The maximum absolute atomic E-state index is 12.4. The minimum atomic E-state index is -0.00792. The lowest BCUT2D eigenvalue weighted by Gasteiger charge is -2.33. The standard InChI is InChI=1S/C21H32N2O3/c1-15-7-6-8-18(16(15)2)26-14-20(25)23-11-9-17(10-12-23)22-19(24)13-21(3,4)5/h6-8,17H,9-14H2,1-5H3,(H,22,24). The number of ether oxygens (including phenoxy) is 1. The van der Waals surface area contributed by atoms with Gasteiger partial charge in [0.2, 0.25) is 5.91 Å². The van der Waals surface area contributed by atoms with Crippen molar-refractivity contribution in [3.8, 4) is 5.75 Å². The Balaban J connectivity index is 1.76. The second-order valence-corrected chi connectivity index (χ2v) is 8.45. The molecule has 1 aliphatic heterocycles. The molecular formula is C21H32N2O3. The summed E-state index contributed by atoms with van der Waals surface area (Å²) in [6.07, 6.45) is 2.12. The summed E-state index contributed by atoms with van der Waals surface area (Å²) in [5.74, 6) is 0.869. The molecule has 0 saturated carbocycles. The van der Waals surface area contributed by atoms with Crippen LogP contribution in [0.3, 0.4) is 0 Å². The number of nitrogens with one attached hydrogen (secondary N) is 1. The highest BCUT2D eigenvalue weighted by molar-refractivity contribution is 5.78. The molecule has 2 rings (SSSR count). The summed E-state index contributed by atoms with van der Waals surface area (Å²) in [4.78, 5) is 26.3. The van der Waals surface area contributed by atoms with Crippen LogP contribution in [0.1, 0.15) is 51.2 Å². The lowest BCUT2D eigenvalue weighted by molar-refractivity contribution is -0.134. The number of carbonyl (C=O) groups excluding carboxylic acids is 2. The van der Waals surface area contributed by atoms with Crippen LogP contribution < -0.4 is 10.1 Å². The first-order chi connectivity index (χ1) is 12.2. The molecule has 0 radical (unpaired) electrons. The minimum Gasteiger partial charge on any atom is -0.483 e. The summed E-state index contributed by atoms with van der Waals surface area (Å²) in [7, 11) is 0. The molecule has 1 N–H and O–H groups in total. The molecular weight excluding hydrogens is 328 g/mol. The number of carbonyl (C=O) groups is 2. The number of nitrogens with zero attached hydrogens (tertiary/aromatic N) is 1. The van der Waals surface area contributed by atoms with Crippen molar-refractivity contribution in [1.29, 1.82) is 0 Å². The number of aryl methyl sites for hydroxylation is 1. The van der Waals surface area contributed by atoms with Crippen molar-refractivity contribution in [1.82, 2.24) is 10.2 Å². The first-order valence-corrected chi connectivity index (χ1v) is 9.42. The molecule has 1 aliphatic rings. The number of amides is 2. The first-order valence-electron chi connectivity index (χ1n) is 9.42. The average Bonchev–Trinajstić information content (AvgIpc) is 2.55. The fourth-order valence-corrected chi connectivity index (χ4v) is 3.14. The SMILES string of the molecule is Cc1cccc(OCC(=O)N2CCC(NC(=O)CC(C)(C)C)CC2)c1C. The van der Waals surface area contributed by atoms with Crippen LogP contribution in [0.15, 0.2) is 18.2 Å². The third-order valence-corrected chi connectivity index (χ3v) is 4.81. The number of hydrogen-bond donors (Lipinski definition) is 1. The van der Waals surface area contributed by atoms with E-state index in [9.17, 15) is 9.59 Å². The highest BCUT2D eigenvalue weighted by atomic mass is 16.5. The normalized spacial score (nSPS) is 15.7. The van der Waals surface area contributed by atoms with Crippen LogP contribution in [0.4, 0.5) is 0 Å². The number of likely N-dealkylation sites (tertiary alicyclic amines) is 1. The second kappa shape index (κ2) is 8.56. The van der Waals surface area contributed by atoms with E-state index < -0.39 is 0 Å².